The second-order valence-electron chi connectivity index (χ2n) is 11.8. The molecule has 0 aliphatic rings. The maximum absolute atomic E-state index is 8.74. The highest BCUT2D eigenvalue weighted by Crippen LogP contribution is 2.43. The van der Waals surface area contributed by atoms with Crippen molar-refractivity contribution in [2.75, 3.05) is 0 Å². The van der Waals surface area contributed by atoms with E-state index in [-0.39, 0.29) is 29.7 Å². The van der Waals surface area contributed by atoms with Crippen LogP contribution in [-0.4, -0.2) is 9.13 Å². The number of fused-ring (bicyclic) bond motifs is 9. The highest BCUT2D eigenvalue weighted by Gasteiger charge is 2.20. The first-order valence-corrected chi connectivity index (χ1v) is 15.5. The number of nitrogens with zero attached hydrogens (tertiary/aromatic N) is 2. The average Bonchev–Trinajstić information content (AvgIpc) is 3.68. The molecule has 0 N–H and O–H groups in total. The molecule has 2 heteroatoms. The quantitative estimate of drug-likeness (QED) is 0.194. The molecule has 0 bridgehead atoms. The summed E-state index contributed by atoms with van der Waals surface area (Å²) in [6, 6.07) is 47.0. The Morgan fingerprint density at radius 3 is 1.96 bits per heavy atom. The lowest BCUT2D eigenvalue weighted by Gasteiger charge is -2.15. The number of benzene rings is 8. The summed E-state index contributed by atoms with van der Waals surface area (Å²) in [7, 11) is 0. The lowest BCUT2D eigenvalue weighted by atomic mass is 9.97. The second kappa shape index (κ2) is 9.69. The first-order valence-electron chi connectivity index (χ1n) is 18.0. The smallest absolute Gasteiger partial charge is 0.0629 e. The van der Waals surface area contributed by atoms with Gasteiger partial charge in [-0.2, -0.15) is 0 Å². The molecule has 0 amide bonds. The summed E-state index contributed by atoms with van der Waals surface area (Å²) in [6.45, 7) is 0. The highest BCUT2D eigenvalue weighted by molar-refractivity contribution is 6.25. The van der Waals surface area contributed by atoms with E-state index in [0.717, 1.165) is 55.0 Å². The van der Waals surface area contributed by atoms with Gasteiger partial charge in [-0.15, -0.1) is 0 Å². The van der Waals surface area contributed by atoms with Crippen molar-refractivity contribution in [3.63, 3.8) is 0 Å². The van der Waals surface area contributed by atoms with Crippen LogP contribution in [0.15, 0.2) is 170 Å². The van der Waals surface area contributed by atoms with E-state index in [1.807, 2.05) is 36.4 Å². The minimum Gasteiger partial charge on any atom is -0.309 e. The van der Waals surface area contributed by atoms with Crippen molar-refractivity contribution >= 4 is 65.2 Å². The third-order valence-electron chi connectivity index (χ3n) is 9.37. The Hall–Kier alpha value is -6.12. The Labute approximate surface area is 273 Å². The van der Waals surface area contributed by atoms with Gasteiger partial charge in [0.05, 0.1) is 34.6 Å². The summed E-state index contributed by atoms with van der Waals surface area (Å²) in [5, 5.41) is 8.81. The molecule has 2 nitrogen and oxygen atoms in total. The van der Waals surface area contributed by atoms with E-state index in [1.165, 1.54) is 21.5 Å². The Morgan fingerprint density at radius 1 is 0.413 bits per heavy atom. The van der Waals surface area contributed by atoms with Gasteiger partial charge in [0.25, 0.3) is 0 Å². The molecule has 0 saturated heterocycles. The Kier molecular flexibility index (Phi) is 4.37. The number of hydrogen-bond acceptors (Lipinski definition) is 0. The highest BCUT2D eigenvalue weighted by atomic mass is 15.0. The van der Waals surface area contributed by atoms with Gasteiger partial charge in [0.1, 0.15) is 0 Å². The minimum absolute atomic E-state index is 0.201. The van der Waals surface area contributed by atoms with Crippen LogP contribution in [0.1, 0.15) is 6.85 Å². The average molecular weight is 590 g/mol. The lowest BCUT2D eigenvalue weighted by Crippen LogP contribution is -1.97. The maximum Gasteiger partial charge on any atom is 0.0629 e. The zero-order valence-corrected chi connectivity index (χ0v) is 24.7. The molecule has 0 fully saturated rings. The fourth-order valence-corrected chi connectivity index (χ4v) is 7.44. The Balaban J connectivity index is 1.34. The normalized spacial score (nSPS) is 13.4. The number of para-hydroxylation sites is 2. The molecule has 214 valence electrons. The van der Waals surface area contributed by atoms with Crippen LogP contribution >= 0.6 is 0 Å². The van der Waals surface area contributed by atoms with E-state index in [4.69, 9.17) is 6.85 Å². The standard InChI is InChI=1S/C44H28N2/c1-3-13-29(14-4-1)32-24-26-40(35-20-10-9-19-34(32)35)46-39-22-12-11-21-36(39)37-27-38-43(28-42(37)46)45(31-16-5-2-6-17-31)41-25-23-30-15-7-8-18-33(30)44(38)41/h1-28H/i1D,3D,4D,13D,14D. The summed E-state index contributed by atoms with van der Waals surface area (Å²) < 4.78 is 47.0. The van der Waals surface area contributed by atoms with Gasteiger partial charge in [-0.3, -0.25) is 0 Å². The number of aromatic nitrogens is 2. The zero-order chi connectivity index (χ0) is 34.5. The molecule has 0 saturated carbocycles. The van der Waals surface area contributed by atoms with Crippen LogP contribution in [0.2, 0.25) is 0 Å². The van der Waals surface area contributed by atoms with Crippen molar-refractivity contribution in [3.8, 4) is 22.5 Å². The van der Waals surface area contributed by atoms with Crippen LogP contribution in [0.5, 0.6) is 0 Å². The second-order valence-corrected chi connectivity index (χ2v) is 11.8. The molecule has 0 radical (unpaired) electrons. The topological polar surface area (TPSA) is 9.86 Å². The van der Waals surface area contributed by atoms with Crippen LogP contribution in [0, 0.1) is 0 Å². The van der Waals surface area contributed by atoms with Crippen LogP contribution < -0.4 is 0 Å². The van der Waals surface area contributed by atoms with Gasteiger partial charge in [-0.05, 0) is 69.8 Å². The third-order valence-corrected chi connectivity index (χ3v) is 9.37. The molecule has 46 heavy (non-hydrogen) atoms. The SMILES string of the molecule is [2H]c1c([2H])c([2H])c(-c2ccc(-n3c4ccccc4c4cc5c6c7ccccc7ccc6n(-c6ccccc6)c5cc43)c3ccccc23)c([2H])c1[2H]. The predicted octanol–water partition coefficient (Wildman–Crippen LogP) is 11.9. The van der Waals surface area contributed by atoms with Crippen molar-refractivity contribution in [2.45, 2.75) is 0 Å². The monoisotopic (exact) mass is 589 g/mol. The van der Waals surface area contributed by atoms with Crippen LogP contribution in [-0.2, 0) is 0 Å². The molecule has 8 aromatic carbocycles. The fourth-order valence-electron chi connectivity index (χ4n) is 7.44. The van der Waals surface area contributed by atoms with Gasteiger partial charge in [0.15, 0.2) is 0 Å². The summed E-state index contributed by atoms with van der Waals surface area (Å²) in [5.41, 5.74) is 7.19. The van der Waals surface area contributed by atoms with Gasteiger partial charge in [0.2, 0.25) is 0 Å². The molecule has 10 aromatic rings. The molecule has 0 unspecified atom stereocenters. The molecule has 0 aliphatic carbocycles. The summed E-state index contributed by atoms with van der Waals surface area (Å²) >= 11 is 0. The van der Waals surface area contributed by atoms with Gasteiger partial charge >= 0.3 is 0 Å². The Morgan fingerprint density at radius 2 is 1.11 bits per heavy atom. The van der Waals surface area contributed by atoms with Gasteiger partial charge < -0.3 is 9.13 Å². The minimum atomic E-state index is -0.396. The van der Waals surface area contributed by atoms with Crippen molar-refractivity contribution in [2.24, 2.45) is 0 Å². The molecule has 10 rings (SSSR count). The fraction of sp³-hybridized carbons (Fsp3) is 0. The molecule has 2 aromatic heterocycles. The van der Waals surface area contributed by atoms with Crippen LogP contribution in [0.4, 0.5) is 0 Å². The van der Waals surface area contributed by atoms with Crippen molar-refractivity contribution < 1.29 is 6.85 Å². The molecule has 0 atom stereocenters. The third kappa shape index (κ3) is 3.53. The first kappa shape index (κ1) is 20.8. The molecular formula is C44H28N2. The van der Waals surface area contributed by atoms with E-state index in [2.05, 4.69) is 112 Å². The molecule has 0 spiro atoms. The van der Waals surface area contributed by atoms with Gasteiger partial charge in [0, 0.05) is 32.6 Å². The number of rotatable bonds is 3. The summed E-state index contributed by atoms with van der Waals surface area (Å²) in [5.74, 6) is 0. The van der Waals surface area contributed by atoms with E-state index < -0.39 is 6.04 Å². The van der Waals surface area contributed by atoms with Gasteiger partial charge in [-0.1, -0.05) is 127 Å². The van der Waals surface area contributed by atoms with E-state index >= 15 is 0 Å². The molecule has 2 heterocycles. The van der Waals surface area contributed by atoms with E-state index in [9.17, 15) is 0 Å². The van der Waals surface area contributed by atoms with Crippen molar-refractivity contribution in [1.82, 2.24) is 9.13 Å². The van der Waals surface area contributed by atoms with Crippen molar-refractivity contribution in [1.29, 1.82) is 0 Å². The maximum atomic E-state index is 8.74. The van der Waals surface area contributed by atoms with Crippen molar-refractivity contribution in [3.05, 3.63) is 170 Å². The van der Waals surface area contributed by atoms with Crippen LogP contribution in [0.25, 0.3) is 87.7 Å². The van der Waals surface area contributed by atoms with Gasteiger partial charge in [-0.25, -0.2) is 0 Å². The van der Waals surface area contributed by atoms with E-state index in [0.29, 0.717) is 5.56 Å². The summed E-state index contributed by atoms with van der Waals surface area (Å²) in [4.78, 5) is 0. The lowest BCUT2D eigenvalue weighted by molar-refractivity contribution is 1.17. The zero-order valence-electron chi connectivity index (χ0n) is 29.7. The van der Waals surface area contributed by atoms with E-state index in [1.54, 1.807) is 0 Å². The Bertz CT molecular complexity index is 3060. The molecular weight excluding hydrogens is 556 g/mol. The summed E-state index contributed by atoms with van der Waals surface area (Å²) in [6.07, 6.45) is 0. The number of hydrogen-bond donors (Lipinski definition) is 0. The molecule has 0 aliphatic heterocycles. The largest absolute Gasteiger partial charge is 0.309 e. The first-order chi connectivity index (χ1) is 24.9. The van der Waals surface area contributed by atoms with Crippen LogP contribution in [0.3, 0.4) is 0 Å². The predicted molar refractivity (Wildman–Crippen MR) is 196 cm³/mol.